The number of hydrogen-bond donors (Lipinski definition) is 0. The summed E-state index contributed by atoms with van der Waals surface area (Å²) in [6.45, 7) is 0. The maximum atomic E-state index is 5.18. The Morgan fingerprint density at radius 2 is 0.289 bits per heavy atom. The summed E-state index contributed by atoms with van der Waals surface area (Å²) in [5.41, 5.74) is 18.4. The molecule has 0 atom stereocenters. The predicted molar refractivity (Wildman–Crippen MR) is 376 cm³/mol. The molecule has 0 saturated carbocycles. The Morgan fingerprint density at radius 1 is 0.144 bits per heavy atom. The maximum absolute atomic E-state index is 5.18. The number of anilines is 18. The van der Waals surface area contributed by atoms with Crippen molar-refractivity contribution in [1.82, 2.24) is 9.97 Å². The Hall–Kier alpha value is -12.3. The average Bonchev–Trinajstić information content (AvgIpc) is 2.53. The average molecular weight is 1160 g/mol. The van der Waals surface area contributed by atoms with Crippen LogP contribution in [0.25, 0.3) is 11.1 Å². The third-order valence-electron chi connectivity index (χ3n) is 15.9. The first kappa shape index (κ1) is 55.6. The molecule has 0 bridgehead atoms. The van der Waals surface area contributed by atoms with Crippen molar-refractivity contribution in [3.63, 3.8) is 0 Å². The summed E-state index contributed by atoms with van der Waals surface area (Å²) in [5.74, 6) is 1.51. The van der Waals surface area contributed by atoms with Gasteiger partial charge in [0.15, 0.2) is 0 Å². The van der Waals surface area contributed by atoms with Gasteiger partial charge in [0.25, 0.3) is 0 Å². The molecular weight excluding hydrogens is 1100 g/mol. The number of aromatic nitrogens is 2. The van der Waals surface area contributed by atoms with E-state index in [9.17, 15) is 0 Å². The second-order valence-corrected chi connectivity index (χ2v) is 21.6. The number of nitrogens with zero attached hydrogens (tertiary/aromatic N) is 8. The third-order valence-corrected chi connectivity index (χ3v) is 15.9. The molecule has 0 aliphatic rings. The molecule has 0 N–H and O–H groups in total. The molecular formula is C82H62N8. The predicted octanol–water partition coefficient (Wildman–Crippen LogP) is 23.0. The molecule has 0 aliphatic heterocycles. The Labute approximate surface area is 526 Å². The van der Waals surface area contributed by atoms with Gasteiger partial charge in [0, 0.05) is 103 Å². The highest BCUT2D eigenvalue weighted by Crippen LogP contribution is 2.45. The van der Waals surface area contributed by atoms with Gasteiger partial charge in [0.1, 0.15) is 11.6 Å². The molecule has 14 rings (SSSR count). The highest BCUT2D eigenvalue weighted by atomic mass is 15.2. The van der Waals surface area contributed by atoms with Crippen molar-refractivity contribution in [1.29, 1.82) is 0 Å². The van der Waals surface area contributed by atoms with E-state index in [1.54, 1.807) is 0 Å². The Morgan fingerprint density at radius 3 is 0.456 bits per heavy atom. The van der Waals surface area contributed by atoms with Crippen molar-refractivity contribution >= 4 is 103 Å². The van der Waals surface area contributed by atoms with E-state index in [4.69, 9.17) is 9.97 Å². The Balaban J connectivity index is 0.864. The topological polar surface area (TPSA) is 45.2 Å². The van der Waals surface area contributed by atoms with Crippen molar-refractivity contribution in [2.45, 2.75) is 0 Å². The van der Waals surface area contributed by atoms with Gasteiger partial charge in [-0.3, -0.25) is 9.80 Å². The van der Waals surface area contributed by atoms with E-state index in [0.717, 1.165) is 114 Å². The van der Waals surface area contributed by atoms with Crippen molar-refractivity contribution in [3.8, 4) is 11.1 Å². The number of para-hydroxylation sites is 8. The van der Waals surface area contributed by atoms with Crippen LogP contribution in [0.5, 0.6) is 0 Å². The summed E-state index contributed by atoms with van der Waals surface area (Å²) in [6, 6.07) is 128. The lowest BCUT2D eigenvalue weighted by atomic mass is 10.1. The first-order valence-electron chi connectivity index (χ1n) is 30.2. The number of benzene rings is 12. The van der Waals surface area contributed by atoms with E-state index in [2.05, 4.69) is 393 Å². The summed E-state index contributed by atoms with van der Waals surface area (Å²) >= 11 is 0. The van der Waals surface area contributed by atoms with Crippen LogP contribution in [0.2, 0.25) is 0 Å². The lowest BCUT2D eigenvalue weighted by Crippen LogP contribution is -2.14. The van der Waals surface area contributed by atoms with Crippen LogP contribution in [-0.2, 0) is 0 Å². The quantitative estimate of drug-likeness (QED) is 0.0794. The molecule has 430 valence electrons. The van der Waals surface area contributed by atoms with Gasteiger partial charge < -0.3 is 19.6 Å². The summed E-state index contributed by atoms with van der Waals surface area (Å²) in [6.07, 6.45) is 3.82. The zero-order chi connectivity index (χ0) is 60.3. The third kappa shape index (κ3) is 12.0. The fraction of sp³-hybridized carbons (Fsp3) is 0. The van der Waals surface area contributed by atoms with E-state index >= 15 is 0 Å². The molecule has 0 saturated heterocycles. The fourth-order valence-corrected chi connectivity index (χ4v) is 11.7. The van der Waals surface area contributed by atoms with E-state index in [-0.39, 0.29) is 0 Å². The SMILES string of the molecule is c1ccc(N(c2ccccc2)c2ccc(N(c3ccc(N(c4ccccc4)c4ccccc4)cc3)c3cc(-c4ccnc(N(c5ccc(N(c6ccccc6)c6ccccc6)cc5)c5ccc(N(c6ccccc6)c6ccccc6)cc5)c4)ccn3)cc2)cc1. The van der Waals surface area contributed by atoms with Gasteiger partial charge in [-0.15, -0.1) is 0 Å². The zero-order valence-corrected chi connectivity index (χ0v) is 49.4. The van der Waals surface area contributed by atoms with Gasteiger partial charge in [-0.1, -0.05) is 146 Å². The smallest absolute Gasteiger partial charge is 0.138 e. The summed E-state index contributed by atoms with van der Waals surface area (Å²) in [7, 11) is 0. The minimum Gasteiger partial charge on any atom is -0.311 e. The molecule has 2 aromatic heterocycles. The van der Waals surface area contributed by atoms with Crippen LogP contribution in [0.4, 0.5) is 103 Å². The van der Waals surface area contributed by atoms with Crippen LogP contribution in [0.15, 0.2) is 376 Å². The highest BCUT2D eigenvalue weighted by molar-refractivity contribution is 5.87. The van der Waals surface area contributed by atoms with E-state index in [1.165, 1.54) is 0 Å². The van der Waals surface area contributed by atoms with Gasteiger partial charge in [-0.05, 0) is 230 Å². The van der Waals surface area contributed by atoms with Crippen LogP contribution >= 0.6 is 0 Å². The minimum atomic E-state index is 0.753. The van der Waals surface area contributed by atoms with Gasteiger partial charge in [0.05, 0.1) is 0 Å². The second kappa shape index (κ2) is 26.2. The van der Waals surface area contributed by atoms with Crippen molar-refractivity contribution in [2.24, 2.45) is 0 Å². The molecule has 90 heavy (non-hydrogen) atoms. The first-order valence-corrected chi connectivity index (χ1v) is 30.2. The van der Waals surface area contributed by atoms with Gasteiger partial charge in [-0.25, -0.2) is 9.97 Å². The largest absolute Gasteiger partial charge is 0.311 e. The molecule has 8 heteroatoms. The Kier molecular flexibility index (Phi) is 16.2. The number of rotatable bonds is 19. The summed E-state index contributed by atoms with van der Waals surface area (Å²) in [4.78, 5) is 24.0. The van der Waals surface area contributed by atoms with Crippen LogP contribution in [0.3, 0.4) is 0 Å². The monoisotopic (exact) mass is 1160 g/mol. The lowest BCUT2D eigenvalue weighted by molar-refractivity contribution is 1.17. The molecule has 0 spiro atoms. The molecule has 0 radical (unpaired) electrons. The van der Waals surface area contributed by atoms with Crippen molar-refractivity contribution in [2.75, 3.05) is 29.4 Å². The molecule has 2 heterocycles. The fourth-order valence-electron chi connectivity index (χ4n) is 11.7. The van der Waals surface area contributed by atoms with Crippen LogP contribution in [0.1, 0.15) is 0 Å². The van der Waals surface area contributed by atoms with E-state index < -0.39 is 0 Å². The van der Waals surface area contributed by atoms with Crippen LogP contribution in [-0.4, -0.2) is 9.97 Å². The highest BCUT2D eigenvalue weighted by Gasteiger charge is 2.22. The first-order chi connectivity index (χ1) is 44.7. The summed E-state index contributed by atoms with van der Waals surface area (Å²) in [5, 5.41) is 0. The number of pyridine rings is 2. The van der Waals surface area contributed by atoms with E-state index in [1.807, 2.05) is 12.4 Å². The molecule has 8 nitrogen and oxygen atoms in total. The van der Waals surface area contributed by atoms with Crippen molar-refractivity contribution < 1.29 is 0 Å². The minimum absolute atomic E-state index is 0.753. The number of hydrogen-bond acceptors (Lipinski definition) is 8. The second-order valence-electron chi connectivity index (χ2n) is 21.6. The lowest BCUT2D eigenvalue weighted by Gasteiger charge is -2.29. The zero-order valence-electron chi connectivity index (χ0n) is 49.4. The van der Waals surface area contributed by atoms with Crippen LogP contribution in [0, 0.1) is 0 Å². The normalized spacial score (nSPS) is 10.9. The standard InChI is InChI=1S/C82H62N8/c1-9-25-65(26-10-1)85(66-27-11-2-12-28-66)73-41-49-77(50-42-73)89(78-51-43-74(44-52-78)86(67-29-13-3-14-30-67)68-31-15-4-16-32-68)81-61-63(57-59-83-81)64-58-60-84-82(62-64)90(79-53-45-75(46-54-79)87(69-33-17-5-18-34-69)70-35-19-6-20-36-70)80-55-47-76(48-56-80)88(71-37-21-7-22-38-71)72-39-23-8-24-40-72/h1-62H. The molecule has 0 aliphatic carbocycles. The Bertz CT molecular complexity index is 3840. The van der Waals surface area contributed by atoms with Gasteiger partial charge in [0.2, 0.25) is 0 Å². The molecule has 12 aromatic carbocycles. The molecule has 0 fully saturated rings. The van der Waals surface area contributed by atoms with Crippen molar-refractivity contribution in [3.05, 3.63) is 376 Å². The molecule has 0 amide bonds. The molecule has 14 aromatic rings. The van der Waals surface area contributed by atoms with E-state index in [0.29, 0.717) is 0 Å². The van der Waals surface area contributed by atoms with Crippen LogP contribution < -0.4 is 29.4 Å². The maximum Gasteiger partial charge on any atom is 0.138 e. The van der Waals surface area contributed by atoms with Gasteiger partial charge >= 0.3 is 0 Å². The summed E-state index contributed by atoms with van der Waals surface area (Å²) < 4.78 is 0. The van der Waals surface area contributed by atoms with Gasteiger partial charge in [-0.2, -0.15) is 0 Å². The molecule has 0 unspecified atom stereocenters.